The number of para-hydroxylation sites is 1. The van der Waals surface area contributed by atoms with Crippen LogP contribution in [0.15, 0.2) is 48.3 Å². The van der Waals surface area contributed by atoms with Gasteiger partial charge in [0.25, 0.3) is 11.8 Å². The van der Waals surface area contributed by atoms with Crippen LogP contribution in [-0.2, 0) is 16.6 Å². The van der Waals surface area contributed by atoms with E-state index in [-0.39, 0.29) is 16.4 Å². The number of benzene rings is 1. The van der Waals surface area contributed by atoms with Crippen LogP contribution in [0.1, 0.15) is 5.56 Å². The summed E-state index contributed by atoms with van der Waals surface area (Å²) in [5, 5.41) is 2.28. The van der Waals surface area contributed by atoms with Gasteiger partial charge in [-0.3, -0.25) is 14.9 Å². The number of amides is 2. The maximum Gasteiger partial charge on any atom is 0.270 e. The third-order valence-electron chi connectivity index (χ3n) is 3.36. The monoisotopic (exact) mass is 329 g/mol. The smallest absolute Gasteiger partial charge is 0.270 e. The SMILES string of the molecule is Cn1ccc(/C=C2/C(=O)NC(=S)N(c3ccccc3F)C2=O)c1. The Labute approximate surface area is 137 Å². The molecule has 0 saturated carbocycles. The Kier molecular flexibility index (Phi) is 3.79. The Bertz CT molecular complexity index is 857. The largest absolute Gasteiger partial charge is 0.357 e. The van der Waals surface area contributed by atoms with Crippen molar-refractivity contribution in [3.8, 4) is 0 Å². The number of thiocarbonyl (C=S) groups is 1. The molecule has 0 bridgehead atoms. The number of carbonyl (C=O) groups excluding carboxylic acids is 2. The van der Waals surface area contributed by atoms with Crippen molar-refractivity contribution >= 4 is 40.9 Å². The van der Waals surface area contributed by atoms with E-state index in [2.05, 4.69) is 5.32 Å². The quantitative estimate of drug-likeness (QED) is 0.521. The Morgan fingerprint density at radius 1 is 1.22 bits per heavy atom. The Morgan fingerprint density at radius 3 is 2.61 bits per heavy atom. The maximum absolute atomic E-state index is 14.0. The summed E-state index contributed by atoms with van der Waals surface area (Å²) < 4.78 is 15.8. The van der Waals surface area contributed by atoms with Crippen molar-refractivity contribution in [1.29, 1.82) is 0 Å². The van der Waals surface area contributed by atoms with Gasteiger partial charge in [0.15, 0.2) is 5.11 Å². The van der Waals surface area contributed by atoms with Crippen molar-refractivity contribution in [3.05, 3.63) is 59.7 Å². The normalized spacial score (nSPS) is 16.9. The number of hydrogen-bond donors (Lipinski definition) is 1. The van der Waals surface area contributed by atoms with Gasteiger partial charge in [-0.2, -0.15) is 0 Å². The van der Waals surface area contributed by atoms with E-state index in [0.29, 0.717) is 5.56 Å². The predicted octanol–water partition coefficient (Wildman–Crippen LogP) is 2.00. The van der Waals surface area contributed by atoms with Crippen LogP contribution in [0.4, 0.5) is 10.1 Å². The van der Waals surface area contributed by atoms with Crippen LogP contribution in [0.25, 0.3) is 6.08 Å². The molecule has 0 spiro atoms. The van der Waals surface area contributed by atoms with Crippen LogP contribution < -0.4 is 10.2 Å². The molecule has 2 heterocycles. The molecule has 0 radical (unpaired) electrons. The fraction of sp³-hybridized carbons (Fsp3) is 0.0625. The van der Waals surface area contributed by atoms with Crippen LogP contribution in [-0.4, -0.2) is 21.5 Å². The zero-order chi connectivity index (χ0) is 16.6. The molecule has 0 atom stereocenters. The highest BCUT2D eigenvalue weighted by atomic mass is 32.1. The first-order chi connectivity index (χ1) is 11.0. The van der Waals surface area contributed by atoms with E-state index < -0.39 is 17.6 Å². The van der Waals surface area contributed by atoms with Gasteiger partial charge >= 0.3 is 0 Å². The first-order valence-electron chi connectivity index (χ1n) is 6.75. The summed E-state index contributed by atoms with van der Waals surface area (Å²) in [4.78, 5) is 25.7. The summed E-state index contributed by atoms with van der Waals surface area (Å²) >= 11 is 5.02. The fourth-order valence-electron chi connectivity index (χ4n) is 2.29. The summed E-state index contributed by atoms with van der Waals surface area (Å²) in [5.41, 5.74) is 0.585. The number of rotatable bonds is 2. The van der Waals surface area contributed by atoms with Crippen molar-refractivity contribution in [2.45, 2.75) is 0 Å². The maximum atomic E-state index is 14.0. The number of anilines is 1. The minimum Gasteiger partial charge on any atom is -0.357 e. The first kappa shape index (κ1) is 15.1. The number of hydrogen-bond acceptors (Lipinski definition) is 3. The third-order valence-corrected chi connectivity index (χ3v) is 3.65. The number of carbonyl (C=O) groups is 2. The minimum absolute atomic E-state index is 0.00135. The summed E-state index contributed by atoms with van der Waals surface area (Å²) in [6.45, 7) is 0. The zero-order valence-electron chi connectivity index (χ0n) is 12.1. The van der Waals surface area contributed by atoms with Gasteiger partial charge in [0.2, 0.25) is 0 Å². The predicted molar refractivity (Wildman–Crippen MR) is 88.0 cm³/mol. The summed E-state index contributed by atoms with van der Waals surface area (Å²) in [6.07, 6.45) is 5.00. The average Bonchev–Trinajstić information content (AvgIpc) is 2.91. The van der Waals surface area contributed by atoms with Gasteiger partial charge < -0.3 is 4.57 Å². The van der Waals surface area contributed by atoms with E-state index in [0.717, 1.165) is 4.90 Å². The highest BCUT2D eigenvalue weighted by Crippen LogP contribution is 2.24. The van der Waals surface area contributed by atoms with E-state index in [1.54, 1.807) is 29.1 Å². The lowest BCUT2D eigenvalue weighted by Crippen LogP contribution is -2.54. The van der Waals surface area contributed by atoms with Crippen molar-refractivity contribution < 1.29 is 14.0 Å². The summed E-state index contributed by atoms with van der Waals surface area (Å²) in [7, 11) is 1.82. The highest BCUT2D eigenvalue weighted by Gasteiger charge is 2.35. The molecule has 1 aliphatic heterocycles. The molecule has 0 aliphatic carbocycles. The number of halogens is 1. The molecule has 116 valence electrons. The standard InChI is InChI=1S/C16H12FN3O2S/c1-19-7-6-10(9-19)8-11-14(21)18-16(23)20(15(11)22)13-5-3-2-4-12(13)17/h2-9H,1H3,(H,18,21,23)/b11-8-. The van der Waals surface area contributed by atoms with E-state index in [1.165, 1.54) is 24.3 Å². The van der Waals surface area contributed by atoms with Gasteiger partial charge in [-0.15, -0.1) is 0 Å². The van der Waals surface area contributed by atoms with E-state index in [9.17, 15) is 14.0 Å². The van der Waals surface area contributed by atoms with E-state index >= 15 is 0 Å². The molecule has 3 rings (SSSR count). The minimum atomic E-state index is -0.660. The molecular weight excluding hydrogens is 317 g/mol. The molecule has 1 aliphatic rings. The molecule has 5 nitrogen and oxygen atoms in total. The second-order valence-electron chi connectivity index (χ2n) is 5.02. The van der Waals surface area contributed by atoms with Gasteiger partial charge in [0.1, 0.15) is 11.4 Å². The van der Waals surface area contributed by atoms with Gasteiger partial charge in [-0.1, -0.05) is 12.1 Å². The number of nitrogens with one attached hydrogen (secondary N) is 1. The molecule has 1 N–H and O–H groups in total. The van der Waals surface area contributed by atoms with Crippen LogP contribution >= 0.6 is 12.2 Å². The number of nitrogens with zero attached hydrogens (tertiary/aromatic N) is 2. The molecule has 7 heteroatoms. The molecule has 1 saturated heterocycles. The Morgan fingerprint density at radius 2 is 1.96 bits per heavy atom. The topological polar surface area (TPSA) is 54.3 Å². The number of aromatic nitrogens is 1. The molecule has 1 aromatic carbocycles. The molecule has 23 heavy (non-hydrogen) atoms. The van der Waals surface area contributed by atoms with E-state index in [4.69, 9.17) is 12.2 Å². The molecule has 2 amide bonds. The van der Waals surface area contributed by atoms with Gasteiger partial charge in [-0.05, 0) is 42.1 Å². The number of aryl methyl sites for hydroxylation is 1. The molecule has 0 unspecified atom stereocenters. The highest BCUT2D eigenvalue weighted by molar-refractivity contribution is 7.80. The lowest BCUT2D eigenvalue weighted by molar-refractivity contribution is -0.122. The zero-order valence-corrected chi connectivity index (χ0v) is 12.9. The fourth-order valence-corrected chi connectivity index (χ4v) is 2.56. The van der Waals surface area contributed by atoms with Crippen LogP contribution in [0.5, 0.6) is 0 Å². The van der Waals surface area contributed by atoms with Crippen molar-refractivity contribution in [1.82, 2.24) is 9.88 Å². The summed E-state index contributed by atoms with van der Waals surface area (Å²) in [5.74, 6) is -1.86. The summed E-state index contributed by atoms with van der Waals surface area (Å²) in [6, 6.07) is 7.51. The lowest BCUT2D eigenvalue weighted by Gasteiger charge is -2.29. The van der Waals surface area contributed by atoms with Crippen LogP contribution in [0.3, 0.4) is 0 Å². The molecule has 1 fully saturated rings. The van der Waals surface area contributed by atoms with Crippen molar-refractivity contribution in [2.24, 2.45) is 7.05 Å². The van der Waals surface area contributed by atoms with Crippen molar-refractivity contribution in [2.75, 3.05) is 4.90 Å². The van der Waals surface area contributed by atoms with E-state index in [1.807, 2.05) is 7.05 Å². The Hall–Kier alpha value is -2.80. The average molecular weight is 329 g/mol. The van der Waals surface area contributed by atoms with Crippen LogP contribution in [0, 0.1) is 5.82 Å². The first-order valence-corrected chi connectivity index (χ1v) is 7.16. The second kappa shape index (κ2) is 5.77. The van der Waals surface area contributed by atoms with Gasteiger partial charge in [0.05, 0.1) is 5.69 Å². The van der Waals surface area contributed by atoms with Gasteiger partial charge in [-0.25, -0.2) is 9.29 Å². The second-order valence-corrected chi connectivity index (χ2v) is 5.41. The van der Waals surface area contributed by atoms with Gasteiger partial charge in [0, 0.05) is 19.4 Å². The molecule has 2 aromatic rings. The molecule has 1 aromatic heterocycles. The molecular formula is C16H12FN3O2S. The Balaban J connectivity index is 2.04. The van der Waals surface area contributed by atoms with Crippen LogP contribution in [0.2, 0.25) is 0 Å². The van der Waals surface area contributed by atoms with Crippen molar-refractivity contribution in [3.63, 3.8) is 0 Å². The lowest BCUT2D eigenvalue weighted by atomic mass is 10.1. The third kappa shape index (κ3) is 2.78.